The molecule has 0 aliphatic carbocycles. The minimum Gasteiger partial charge on any atom is -0.409 e. The third kappa shape index (κ3) is 6.63. The van der Waals surface area contributed by atoms with Crippen LogP contribution in [0.15, 0.2) is 35.5 Å². The average molecular weight is 291 g/mol. The van der Waals surface area contributed by atoms with Crippen molar-refractivity contribution in [3.63, 3.8) is 0 Å². The molecule has 2 unspecified atom stereocenters. The molecule has 2 atom stereocenters. The number of nitrogens with zero attached hydrogens (tertiary/aromatic N) is 1. The van der Waals surface area contributed by atoms with Gasteiger partial charge in [-0.15, -0.1) is 0 Å². The van der Waals surface area contributed by atoms with Crippen LogP contribution in [-0.2, 0) is 0 Å². The fraction of sp³-hybridized carbons (Fsp3) is 0.588. The Kier molecular flexibility index (Phi) is 8.51. The number of amidine groups is 1. The lowest BCUT2D eigenvalue weighted by Gasteiger charge is -2.20. The first-order chi connectivity index (χ1) is 10.2. The van der Waals surface area contributed by atoms with E-state index in [-0.39, 0.29) is 11.8 Å². The molecule has 0 amide bonds. The van der Waals surface area contributed by atoms with Crippen LogP contribution < -0.4 is 11.1 Å². The predicted octanol–water partition coefficient (Wildman–Crippen LogP) is 3.47. The van der Waals surface area contributed by atoms with Crippen molar-refractivity contribution in [2.24, 2.45) is 10.9 Å². The molecule has 0 heterocycles. The number of benzene rings is 1. The molecule has 0 radical (unpaired) electrons. The second kappa shape index (κ2) is 10.2. The molecule has 0 aromatic heterocycles. The van der Waals surface area contributed by atoms with E-state index in [1.165, 1.54) is 25.7 Å². The van der Waals surface area contributed by atoms with Crippen LogP contribution in [0.5, 0.6) is 0 Å². The summed E-state index contributed by atoms with van der Waals surface area (Å²) in [6.45, 7) is 5.11. The van der Waals surface area contributed by atoms with Crippen molar-refractivity contribution in [3.8, 4) is 0 Å². The molecular weight excluding hydrogens is 262 g/mol. The van der Waals surface area contributed by atoms with Gasteiger partial charge >= 0.3 is 0 Å². The Labute approximate surface area is 128 Å². The summed E-state index contributed by atoms with van der Waals surface area (Å²) in [6.07, 6.45) is 6.29. The molecule has 0 aliphatic rings. The molecule has 118 valence electrons. The number of nitrogens with one attached hydrogen (secondary N) is 1. The minimum atomic E-state index is -0.0886. The largest absolute Gasteiger partial charge is 0.409 e. The van der Waals surface area contributed by atoms with Gasteiger partial charge in [-0.25, -0.2) is 0 Å². The van der Waals surface area contributed by atoms with Crippen molar-refractivity contribution in [1.29, 1.82) is 0 Å². The van der Waals surface area contributed by atoms with Gasteiger partial charge in [-0.2, -0.15) is 0 Å². The Balaban J connectivity index is 2.47. The lowest BCUT2D eigenvalue weighted by atomic mass is 9.97. The van der Waals surface area contributed by atoms with Gasteiger partial charge in [-0.05, 0) is 18.9 Å². The monoisotopic (exact) mass is 291 g/mol. The van der Waals surface area contributed by atoms with E-state index >= 15 is 0 Å². The SMILES string of the molecule is CCCCCCC(C)NCC(C(N)=NO)c1ccccc1. The van der Waals surface area contributed by atoms with Crippen LogP contribution in [0.4, 0.5) is 0 Å². The fourth-order valence-electron chi connectivity index (χ4n) is 2.45. The molecule has 4 N–H and O–H groups in total. The third-order valence-electron chi connectivity index (χ3n) is 3.84. The van der Waals surface area contributed by atoms with Crippen molar-refractivity contribution in [1.82, 2.24) is 5.32 Å². The molecule has 1 aromatic rings. The van der Waals surface area contributed by atoms with Gasteiger partial charge in [0, 0.05) is 12.6 Å². The zero-order chi connectivity index (χ0) is 15.5. The Morgan fingerprint density at radius 1 is 1.24 bits per heavy atom. The molecule has 21 heavy (non-hydrogen) atoms. The summed E-state index contributed by atoms with van der Waals surface area (Å²) in [5, 5.41) is 15.7. The summed E-state index contributed by atoms with van der Waals surface area (Å²) in [5.74, 6) is 0.168. The van der Waals surface area contributed by atoms with Crippen LogP contribution in [0.25, 0.3) is 0 Å². The van der Waals surface area contributed by atoms with Gasteiger partial charge in [0.25, 0.3) is 0 Å². The first kappa shape index (κ1) is 17.5. The Hall–Kier alpha value is -1.55. The van der Waals surface area contributed by atoms with Crippen LogP contribution in [0.3, 0.4) is 0 Å². The highest BCUT2D eigenvalue weighted by Crippen LogP contribution is 2.15. The standard InChI is InChI=1S/C17H29N3O/c1-3-4-5-7-10-14(2)19-13-16(17(18)20-21)15-11-8-6-9-12-15/h6,8-9,11-12,14,16,19,21H,3-5,7,10,13H2,1-2H3,(H2,18,20). The molecule has 0 saturated heterocycles. The fourth-order valence-corrected chi connectivity index (χ4v) is 2.45. The van der Waals surface area contributed by atoms with Crippen molar-refractivity contribution in [2.45, 2.75) is 57.9 Å². The molecule has 1 aromatic carbocycles. The topological polar surface area (TPSA) is 70.6 Å². The Morgan fingerprint density at radius 2 is 1.95 bits per heavy atom. The van der Waals surface area contributed by atoms with Crippen LogP contribution in [-0.4, -0.2) is 23.6 Å². The summed E-state index contributed by atoms with van der Waals surface area (Å²) in [7, 11) is 0. The average Bonchev–Trinajstić information content (AvgIpc) is 2.52. The van der Waals surface area contributed by atoms with Crippen molar-refractivity contribution < 1.29 is 5.21 Å². The van der Waals surface area contributed by atoms with E-state index in [2.05, 4.69) is 24.3 Å². The van der Waals surface area contributed by atoms with Gasteiger partial charge in [-0.1, -0.05) is 68.1 Å². The van der Waals surface area contributed by atoms with Gasteiger partial charge in [0.05, 0.1) is 5.92 Å². The van der Waals surface area contributed by atoms with Crippen LogP contribution in [0.1, 0.15) is 57.4 Å². The smallest absolute Gasteiger partial charge is 0.147 e. The summed E-state index contributed by atoms with van der Waals surface area (Å²) >= 11 is 0. The maximum Gasteiger partial charge on any atom is 0.147 e. The van der Waals surface area contributed by atoms with Gasteiger partial charge in [-0.3, -0.25) is 0 Å². The highest BCUT2D eigenvalue weighted by molar-refractivity contribution is 5.87. The quantitative estimate of drug-likeness (QED) is 0.203. The molecule has 4 nitrogen and oxygen atoms in total. The maximum absolute atomic E-state index is 8.97. The Morgan fingerprint density at radius 3 is 2.57 bits per heavy atom. The zero-order valence-electron chi connectivity index (χ0n) is 13.3. The first-order valence-electron chi connectivity index (χ1n) is 7.94. The van der Waals surface area contributed by atoms with Gasteiger partial charge in [0.1, 0.15) is 5.84 Å². The molecular formula is C17H29N3O. The number of nitrogens with two attached hydrogens (primary N) is 1. The molecule has 0 fully saturated rings. The first-order valence-corrected chi connectivity index (χ1v) is 7.94. The zero-order valence-corrected chi connectivity index (χ0v) is 13.3. The predicted molar refractivity (Wildman–Crippen MR) is 88.8 cm³/mol. The summed E-state index contributed by atoms with van der Waals surface area (Å²) in [4.78, 5) is 0. The second-order valence-electron chi connectivity index (χ2n) is 5.65. The van der Waals surface area contributed by atoms with Gasteiger partial charge in [0.15, 0.2) is 0 Å². The van der Waals surface area contributed by atoms with Gasteiger partial charge in [0.2, 0.25) is 0 Å². The second-order valence-corrected chi connectivity index (χ2v) is 5.65. The van der Waals surface area contributed by atoms with Crippen LogP contribution in [0, 0.1) is 0 Å². The van der Waals surface area contributed by atoms with E-state index in [9.17, 15) is 0 Å². The number of rotatable bonds is 10. The van der Waals surface area contributed by atoms with E-state index in [0.29, 0.717) is 12.6 Å². The summed E-state index contributed by atoms with van der Waals surface area (Å²) in [6, 6.07) is 10.4. The van der Waals surface area contributed by atoms with E-state index in [1.54, 1.807) is 0 Å². The molecule has 0 saturated carbocycles. The van der Waals surface area contributed by atoms with Crippen molar-refractivity contribution in [3.05, 3.63) is 35.9 Å². The van der Waals surface area contributed by atoms with E-state index in [0.717, 1.165) is 12.0 Å². The lowest BCUT2D eigenvalue weighted by molar-refractivity contribution is 0.315. The van der Waals surface area contributed by atoms with Crippen molar-refractivity contribution >= 4 is 5.84 Å². The summed E-state index contributed by atoms with van der Waals surface area (Å²) in [5.41, 5.74) is 6.90. The van der Waals surface area contributed by atoms with Gasteiger partial charge < -0.3 is 16.3 Å². The third-order valence-corrected chi connectivity index (χ3v) is 3.84. The lowest BCUT2D eigenvalue weighted by Crippen LogP contribution is -2.36. The number of unbranched alkanes of at least 4 members (excludes halogenated alkanes) is 3. The van der Waals surface area contributed by atoms with E-state index in [4.69, 9.17) is 10.9 Å². The number of hydrogen-bond donors (Lipinski definition) is 3. The molecule has 0 bridgehead atoms. The van der Waals surface area contributed by atoms with E-state index < -0.39 is 0 Å². The summed E-state index contributed by atoms with van der Waals surface area (Å²) < 4.78 is 0. The molecule has 1 rings (SSSR count). The molecule has 4 heteroatoms. The molecule has 0 aliphatic heterocycles. The maximum atomic E-state index is 8.97. The normalized spacial score (nSPS) is 14.9. The van der Waals surface area contributed by atoms with Crippen molar-refractivity contribution in [2.75, 3.05) is 6.54 Å². The number of hydrogen-bond acceptors (Lipinski definition) is 3. The Bertz CT molecular complexity index is 406. The minimum absolute atomic E-state index is 0.0886. The van der Waals surface area contributed by atoms with Crippen LogP contribution in [0.2, 0.25) is 0 Å². The number of oxime groups is 1. The highest BCUT2D eigenvalue weighted by atomic mass is 16.4. The molecule has 0 spiro atoms. The van der Waals surface area contributed by atoms with Crippen LogP contribution >= 0.6 is 0 Å². The van der Waals surface area contributed by atoms with E-state index in [1.807, 2.05) is 30.3 Å². The highest BCUT2D eigenvalue weighted by Gasteiger charge is 2.17.